The number of nitrogens with zero attached hydrogens (tertiary/aromatic N) is 3. The molecule has 0 aromatic carbocycles. The number of hydrogen-bond donors (Lipinski definition) is 0. The van der Waals surface area contributed by atoms with E-state index in [9.17, 15) is 4.79 Å². The highest BCUT2D eigenvalue weighted by atomic mass is 16.5. The molecule has 3 rings (SSSR count). The molecule has 5 nitrogen and oxygen atoms in total. The van der Waals surface area contributed by atoms with Crippen molar-refractivity contribution in [3.63, 3.8) is 0 Å². The number of hydrogen-bond acceptors (Lipinski definition) is 4. The molecular formula is C20H33N3O2. The normalized spacial score (nSPS) is 26.0. The first-order valence-electron chi connectivity index (χ1n) is 9.94. The maximum Gasteiger partial charge on any atom is 0.250 e. The van der Waals surface area contributed by atoms with E-state index >= 15 is 0 Å². The smallest absolute Gasteiger partial charge is 0.250 e. The number of rotatable bonds is 7. The minimum absolute atomic E-state index is 0.0928. The molecule has 2 fully saturated rings. The lowest BCUT2D eigenvalue weighted by Crippen LogP contribution is -2.48. The summed E-state index contributed by atoms with van der Waals surface area (Å²) in [7, 11) is 0. The molecule has 2 atom stereocenters. The zero-order chi connectivity index (χ0) is 17.5. The van der Waals surface area contributed by atoms with Gasteiger partial charge in [-0.05, 0) is 24.8 Å². The van der Waals surface area contributed by atoms with Crippen LogP contribution in [0.15, 0.2) is 29.2 Å². The van der Waals surface area contributed by atoms with Gasteiger partial charge in [-0.15, -0.1) is 0 Å². The monoisotopic (exact) mass is 347 g/mol. The summed E-state index contributed by atoms with van der Waals surface area (Å²) in [5.41, 5.74) is 0.0928. The van der Waals surface area contributed by atoms with Crippen LogP contribution >= 0.6 is 0 Å². The Kier molecular flexibility index (Phi) is 7.08. The molecule has 0 bridgehead atoms. The highest BCUT2D eigenvalue weighted by molar-refractivity contribution is 4.93. The molecule has 0 amide bonds. The molecule has 1 aliphatic heterocycles. The molecule has 0 N–H and O–H groups in total. The Bertz CT molecular complexity index is 566. The standard InChI is InChI=1S/C20H33N3O2/c1-18-6-2-3-7-19(18)25-17-16-22-12-10-21(11-13-22)14-15-23-9-5-4-8-20(23)24/h4-5,8-9,18-19H,2-3,6-7,10-17H2,1H3/t18-,19-/m0/s1. The molecule has 1 saturated heterocycles. The summed E-state index contributed by atoms with van der Waals surface area (Å²) in [6.45, 7) is 10.4. The van der Waals surface area contributed by atoms with Crippen molar-refractivity contribution in [2.24, 2.45) is 5.92 Å². The number of ether oxygens (including phenoxy) is 1. The lowest BCUT2D eigenvalue weighted by atomic mass is 9.88. The molecule has 0 radical (unpaired) electrons. The van der Waals surface area contributed by atoms with Crippen molar-refractivity contribution in [1.82, 2.24) is 14.4 Å². The van der Waals surface area contributed by atoms with Crippen molar-refractivity contribution >= 4 is 0 Å². The van der Waals surface area contributed by atoms with E-state index in [2.05, 4.69) is 16.7 Å². The topological polar surface area (TPSA) is 37.7 Å². The van der Waals surface area contributed by atoms with Crippen molar-refractivity contribution in [2.45, 2.75) is 45.3 Å². The Labute approximate surface area is 151 Å². The van der Waals surface area contributed by atoms with Gasteiger partial charge in [0.25, 0.3) is 5.56 Å². The maximum absolute atomic E-state index is 11.7. The zero-order valence-electron chi connectivity index (χ0n) is 15.6. The van der Waals surface area contributed by atoms with Crippen LogP contribution in [0.25, 0.3) is 0 Å². The largest absolute Gasteiger partial charge is 0.377 e. The predicted molar refractivity (Wildman–Crippen MR) is 101 cm³/mol. The molecule has 25 heavy (non-hydrogen) atoms. The Balaban J connectivity index is 1.31. The van der Waals surface area contributed by atoms with E-state index in [0.29, 0.717) is 6.10 Å². The molecule has 1 aliphatic carbocycles. The van der Waals surface area contributed by atoms with E-state index < -0.39 is 0 Å². The van der Waals surface area contributed by atoms with Crippen LogP contribution < -0.4 is 5.56 Å². The highest BCUT2D eigenvalue weighted by Gasteiger charge is 2.22. The van der Waals surface area contributed by atoms with Crippen molar-refractivity contribution in [1.29, 1.82) is 0 Å². The minimum atomic E-state index is 0.0928. The van der Waals surface area contributed by atoms with E-state index in [4.69, 9.17) is 4.74 Å². The van der Waals surface area contributed by atoms with Gasteiger partial charge in [0.1, 0.15) is 0 Å². The van der Waals surface area contributed by atoms with E-state index in [-0.39, 0.29) is 5.56 Å². The molecule has 0 unspecified atom stereocenters. The summed E-state index contributed by atoms with van der Waals surface area (Å²) in [6.07, 6.45) is 7.64. The SMILES string of the molecule is C[C@H]1CCCC[C@@H]1OCCN1CCN(CCn2ccccc2=O)CC1. The molecule has 0 spiro atoms. The van der Waals surface area contributed by atoms with Crippen molar-refractivity contribution < 1.29 is 4.74 Å². The number of aromatic nitrogens is 1. The maximum atomic E-state index is 11.7. The molecule has 2 aliphatic rings. The third-order valence-corrected chi connectivity index (χ3v) is 5.79. The third-order valence-electron chi connectivity index (χ3n) is 5.79. The van der Waals surface area contributed by atoms with Crippen LogP contribution in [0.2, 0.25) is 0 Å². The first kappa shape index (κ1) is 18.6. The average Bonchev–Trinajstić information content (AvgIpc) is 2.64. The molecule has 2 heterocycles. The first-order chi connectivity index (χ1) is 12.2. The van der Waals surface area contributed by atoms with E-state index in [1.54, 1.807) is 16.7 Å². The van der Waals surface area contributed by atoms with Gasteiger partial charge in [0.05, 0.1) is 12.7 Å². The van der Waals surface area contributed by atoms with Gasteiger partial charge in [-0.3, -0.25) is 14.6 Å². The lowest BCUT2D eigenvalue weighted by molar-refractivity contribution is -0.0180. The summed E-state index contributed by atoms with van der Waals surface area (Å²) < 4.78 is 7.95. The molecule has 1 aromatic rings. The van der Waals surface area contributed by atoms with Gasteiger partial charge in [-0.25, -0.2) is 0 Å². The van der Waals surface area contributed by atoms with Crippen LogP contribution in [0.5, 0.6) is 0 Å². The highest BCUT2D eigenvalue weighted by Crippen LogP contribution is 2.26. The fourth-order valence-corrected chi connectivity index (χ4v) is 3.99. The summed E-state index contributed by atoms with van der Waals surface area (Å²) in [5, 5.41) is 0. The Morgan fingerprint density at radius 1 is 1.00 bits per heavy atom. The summed E-state index contributed by atoms with van der Waals surface area (Å²) >= 11 is 0. The fourth-order valence-electron chi connectivity index (χ4n) is 3.99. The van der Waals surface area contributed by atoms with Crippen molar-refractivity contribution in [3.8, 4) is 0 Å². The lowest BCUT2D eigenvalue weighted by Gasteiger charge is -2.35. The van der Waals surface area contributed by atoms with Gasteiger partial charge < -0.3 is 9.30 Å². The first-order valence-corrected chi connectivity index (χ1v) is 9.94. The van der Waals surface area contributed by atoms with E-state index in [1.165, 1.54) is 25.7 Å². The molecule has 140 valence electrons. The molecular weight excluding hydrogens is 314 g/mol. The van der Waals surface area contributed by atoms with E-state index in [1.807, 2.05) is 12.3 Å². The summed E-state index contributed by atoms with van der Waals surface area (Å²) in [6, 6.07) is 5.35. The molecule has 1 saturated carbocycles. The van der Waals surface area contributed by atoms with E-state index in [0.717, 1.165) is 58.3 Å². The van der Waals surface area contributed by atoms with Gasteiger partial charge in [0.15, 0.2) is 0 Å². The van der Waals surface area contributed by atoms with Crippen molar-refractivity contribution in [2.75, 3.05) is 45.9 Å². The number of piperazine rings is 1. The van der Waals surface area contributed by atoms with Gasteiger partial charge in [0.2, 0.25) is 0 Å². The quantitative estimate of drug-likeness (QED) is 0.757. The van der Waals surface area contributed by atoms with Gasteiger partial charge in [-0.1, -0.05) is 25.8 Å². The van der Waals surface area contributed by atoms with Gasteiger partial charge >= 0.3 is 0 Å². The third kappa shape index (κ3) is 5.66. The van der Waals surface area contributed by atoms with Crippen LogP contribution in [0.4, 0.5) is 0 Å². The second-order valence-corrected chi connectivity index (χ2v) is 7.59. The Morgan fingerprint density at radius 2 is 1.72 bits per heavy atom. The molecule has 1 aromatic heterocycles. The van der Waals surface area contributed by atoms with Crippen molar-refractivity contribution in [3.05, 3.63) is 34.7 Å². The van der Waals surface area contributed by atoms with Crippen LogP contribution in [-0.4, -0.2) is 66.3 Å². The predicted octanol–water partition coefficient (Wildman–Crippen LogP) is 2.06. The number of pyridine rings is 1. The van der Waals surface area contributed by atoms with Crippen LogP contribution in [0.3, 0.4) is 0 Å². The molecule has 5 heteroatoms. The Hall–Kier alpha value is -1.17. The summed E-state index contributed by atoms with van der Waals surface area (Å²) in [5.74, 6) is 0.729. The summed E-state index contributed by atoms with van der Waals surface area (Å²) in [4.78, 5) is 16.7. The second-order valence-electron chi connectivity index (χ2n) is 7.59. The van der Waals surface area contributed by atoms with Gasteiger partial charge in [0, 0.05) is 58.1 Å². The van der Waals surface area contributed by atoms with Crippen LogP contribution in [0, 0.1) is 5.92 Å². The van der Waals surface area contributed by atoms with Gasteiger partial charge in [-0.2, -0.15) is 0 Å². The fraction of sp³-hybridized carbons (Fsp3) is 0.750. The van der Waals surface area contributed by atoms with Crippen LogP contribution in [-0.2, 0) is 11.3 Å². The second kappa shape index (κ2) is 9.51. The average molecular weight is 348 g/mol. The zero-order valence-corrected chi connectivity index (χ0v) is 15.6. The Morgan fingerprint density at radius 3 is 2.44 bits per heavy atom. The minimum Gasteiger partial charge on any atom is -0.377 e. The van der Waals surface area contributed by atoms with Crippen LogP contribution in [0.1, 0.15) is 32.6 Å².